The van der Waals surface area contributed by atoms with Gasteiger partial charge in [0, 0.05) is 5.56 Å². The number of furan rings is 1. The average molecular weight is 410 g/mol. The molecule has 2 aromatic carbocycles. The zero-order valence-electron chi connectivity index (χ0n) is 14.7. The molecule has 1 fully saturated rings. The van der Waals surface area contributed by atoms with E-state index >= 15 is 0 Å². The molecule has 0 aliphatic carbocycles. The van der Waals surface area contributed by atoms with Crippen LogP contribution in [0.3, 0.4) is 0 Å². The first-order valence-corrected chi connectivity index (χ1v) is 8.86. The quantitative estimate of drug-likeness (QED) is 0.402. The Morgan fingerprint density at radius 2 is 1.52 bits per heavy atom. The van der Waals surface area contributed by atoms with E-state index in [1.807, 2.05) is 0 Å². The molecule has 8 heteroatoms. The molecule has 29 heavy (non-hydrogen) atoms. The van der Waals surface area contributed by atoms with Gasteiger partial charge >= 0.3 is 0 Å². The van der Waals surface area contributed by atoms with Crippen molar-refractivity contribution in [1.82, 2.24) is 5.32 Å². The minimum absolute atomic E-state index is 0.102. The van der Waals surface area contributed by atoms with E-state index in [0.29, 0.717) is 17.0 Å². The zero-order chi connectivity index (χ0) is 20.5. The van der Waals surface area contributed by atoms with Crippen molar-refractivity contribution < 1.29 is 22.8 Å². The molecule has 1 aliphatic heterocycles. The normalized spacial score (nSPS) is 15.7. The number of hydrogen-bond acceptors (Lipinski definition) is 4. The van der Waals surface area contributed by atoms with Crippen LogP contribution in [-0.4, -0.2) is 16.9 Å². The molecule has 0 radical (unpaired) electrons. The van der Waals surface area contributed by atoms with Crippen LogP contribution in [0, 0.1) is 11.6 Å². The molecule has 1 N–H and O–H groups in total. The number of thiocarbonyl (C=S) groups is 1. The minimum Gasteiger partial charge on any atom is -0.457 e. The number of nitrogens with zero attached hydrogens (tertiary/aromatic N) is 1. The van der Waals surface area contributed by atoms with E-state index in [0.717, 1.165) is 4.90 Å². The van der Waals surface area contributed by atoms with Gasteiger partial charge in [0.05, 0.1) is 5.69 Å². The highest BCUT2D eigenvalue weighted by atomic mass is 32.1. The molecule has 144 valence electrons. The fourth-order valence-electron chi connectivity index (χ4n) is 2.82. The molecule has 3 aromatic rings. The maximum atomic E-state index is 13.2. The minimum atomic E-state index is -0.668. The van der Waals surface area contributed by atoms with E-state index in [-0.39, 0.29) is 22.3 Å². The van der Waals surface area contributed by atoms with E-state index in [2.05, 4.69) is 5.32 Å². The molecule has 0 bridgehead atoms. The summed E-state index contributed by atoms with van der Waals surface area (Å²) in [5, 5.41) is 2.34. The van der Waals surface area contributed by atoms with Crippen LogP contribution in [0.25, 0.3) is 17.4 Å². The molecular weight excluding hydrogens is 398 g/mol. The van der Waals surface area contributed by atoms with Crippen molar-refractivity contribution in [3.63, 3.8) is 0 Å². The van der Waals surface area contributed by atoms with E-state index in [4.69, 9.17) is 16.6 Å². The fourth-order valence-corrected chi connectivity index (χ4v) is 3.11. The number of nitrogens with one attached hydrogen (secondary N) is 1. The lowest BCUT2D eigenvalue weighted by Gasteiger charge is -2.28. The van der Waals surface area contributed by atoms with Gasteiger partial charge in [-0.2, -0.15) is 0 Å². The summed E-state index contributed by atoms with van der Waals surface area (Å²) < 4.78 is 31.9. The summed E-state index contributed by atoms with van der Waals surface area (Å²) in [4.78, 5) is 26.3. The summed E-state index contributed by atoms with van der Waals surface area (Å²) >= 11 is 5.09. The number of carbonyl (C=O) groups excluding carboxylic acids is 2. The topological polar surface area (TPSA) is 62.6 Å². The van der Waals surface area contributed by atoms with E-state index < -0.39 is 17.6 Å². The van der Waals surface area contributed by atoms with Crippen LogP contribution in [0.1, 0.15) is 5.76 Å². The molecule has 0 atom stereocenters. The van der Waals surface area contributed by atoms with Gasteiger partial charge in [0.15, 0.2) is 5.11 Å². The molecule has 1 aromatic heterocycles. The lowest BCUT2D eigenvalue weighted by molar-refractivity contribution is -0.122. The third-order valence-corrected chi connectivity index (χ3v) is 4.51. The van der Waals surface area contributed by atoms with Crippen LogP contribution in [0.4, 0.5) is 14.5 Å². The third-order valence-electron chi connectivity index (χ3n) is 4.23. The summed E-state index contributed by atoms with van der Waals surface area (Å²) in [5.41, 5.74) is 0.770. The van der Waals surface area contributed by atoms with Crippen molar-refractivity contribution >= 4 is 40.9 Å². The van der Waals surface area contributed by atoms with Crippen LogP contribution in [-0.2, 0) is 9.59 Å². The van der Waals surface area contributed by atoms with Gasteiger partial charge in [-0.15, -0.1) is 0 Å². The summed E-state index contributed by atoms with van der Waals surface area (Å²) in [7, 11) is 0. The Balaban J connectivity index is 1.66. The van der Waals surface area contributed by atoms with Crippen LogP contribution >= 0.6 is 12.2 Å². The van der Waals surface area contributed by atoms with Crippen molar-refractivity contribution in [2.75, 3.05) is 4.90 Å². The van der Waals surface area contributed by atoms with Crippen LogP contribution in [0.15, 0.2) is 70.7 Å². The predicted octanol–water partition coefficient (Wildman–Crippen LogP) is 4.06. The van der Waals surface area contributed by atoms with Crippen molar-refractivity contribution in [3.8, 4) is 11.3 Å². The van der Waals surface area contributed by atoms with Gasteiger partial charge in [-0.1, -0.05) is 0 Å². The Morgan fingerprint density at radius 1 is 0.897 bits per heavy atom. The smallest absolute Gasteiger partial charge is 0.270 e. The molecule has 0 spiro atoms. The second-order valence-corrected chi connectivity index (χ2v) is 6.53. The average Bonchev–Trinajstić information content (AvgIpc) is 3.16. The summed E-state index contributed by atoms with van der Waals surface area (Å²) in [6.07, 6.45) is 1.29. The summed E-state index contributed by atoms with van der Waals surface area (Å²) in [5.74, 6) is -1.46. The lowest BCUT2D eigenvalue weighted by atomic mass is 10.1. The number of anilines is 1. The fraction of sp³-hybridized carbons (Fsp3) is 0. The highest BCUT2D eigenvalue weighted by molar-refractivity contribution is 7.80. The number of carbonyl (C=O) groups is 2. The van der Waals surface area contributed by atoms with E-state index in [9.17, 15) is 18.4 Å². The Morgan fingerprint density at radius 3 is 2.17 bits per heavy atom. The number of rotatable bonds is 3. The second kappa shape index (κ2) is 7.40. The highest BCUT2D eigenvalue weighted by Crippen LogP contribution is 2.26. The van der Waals surface area contributed by atoms with Gasteiger partial charge in [0.25, 0.3) is 11.8 Å². The van der Waals surface area contributed by atoms with Gasteiger partial charge in [0.2, 0.25) is 0 Å². The van der Waals surface area contributed by atoms with Crippen LogP contribution in [0.2, 0.25) is 0 Å². The zero-order valence-corrected chi connectivity index (χ0v) is 15.5. The van der Waals surface area contributed by atoms with Gasteiger partial charge in [-0.3, -0.25) is 19.8 Å². The molecular formula is C21H12F2N2O3S. The SMILES string of the molecule is O=C1NC(=S)N(c2ccc(F)cc2)C(=O)/C1=C/c1ccc(-c2ccc(F)cc2)o1. The number of hydrogen-bond donors (Lipinski definition) is 1. The van der Waals surface area contributed by atoms with Gasteiger partial charge in [-0.25, -0.2) is 8.78 Å². The monoisotopic (exact) mass is 410 g/mol. The number of halogens is 2. The Hall–Kier alpha value is -3.65. The highest BCUT2D eigenvalue weighted by Gasteiger charge is 2.34. The predicted molar refractivity (Wildman–Crippen MR) is 107 cm³/mol. The summed E-state index contributed by atoms with van der Waals surface area (Å²) in [6.45, 7) is 0. The Bertz CT molecular complexity index is 1150. The molecule has 0 saturated carbocycles. The molecule has 2 amide bonds. The first-order valence-electron chi connectivity index (χ1n) is 8.45. The van der Waals surface area contributed by atoms with Gasteiger partial charge in [0.1, 0.15) is 28.7 Å². The largest absolute Gasteiger partial charge is 0.457 e. The molecule has 0 unspecified atom stereocenters. The van der Waals surface area contributed by atoms with Crippen molar-refractivity contribution in [1.29, 1.82) is 0 Å². The number of benzene rings is 2. The van der Waals surface area contributed by atoms with Crippen molar-refractivity contribution in [3.05, 3.63) is 83.6 Å². The second-order valence-electron chi connectivity index (χ2n) is 6.14. The Kier molecular flexibility index (Phi) is 4.77. The van der Waals surface area contributed by atoms with Crippen molar-refractivity contribution in [2.45, 2.75) is 0 Å². The van der Waals surface area contributed by atoms with Crippen LogP contribution < -0.4 is 10.2 Å². The van der Waals surface area contributed by atoms with Gasteiger partial charge in [-0.05, 0) is 79.0 Å². The molecule has 5 nitrogen and oxygen atoms in total. The molecule has 1 aliphatic rings. The molecule has 4 rings (SSSR count). The molecule has 2 heterocycles. The Labute approximate surface area is 169 Å². The number of amides is 2. The summed E-state index contributed by atoms with van der Waals surface area (Å²) in [6, 6.07) is 14.1. The van der Waals surface area contributed by atoms with Crippen LogP contribution in [0.5, 0.6) is 0 Å². The van der Waals surface area contributed by atoms with Crippen molar-refractivity contribution in [2.24, 2.45) is 0 Å². The maximum absolute atomic E-state index is 13.2. The third kappa shape index (κ3) is 3.70. The first-order chi connectivity index (χ1) is 13.9. The first kappa shape index (κ1) is 18.7. The maximum Gasteiger partial charge on any atom is 0.270 e. The van der Waals surface area contributed by atoms with E-state index in [1.54, 1.807) is 24.3 Å². The van der Waals surface area contributed by atoms with Gasteiger partial charge < -0.3 is 4.42 Å². The van der Waals surface area contributed by atoms with E-state index in [1.165, 1.54) is 42.5 Å². The standard InChI is InChI=1S/C21H12F2N2O3S/c22-13-3-1-12(2-4-13)18-10-9-16(28-18)11-17-19(26)24-21(29)25(20(17)27)15-7-5-14(23)6-8-15/h1-11H,(H,24,26,29)/b17-11+. The lowest BCUT2D eigenvalue weighted by Crippen LogP contribution is -2.54. The molecule has 1 saturated heterocycles.